The van der Waals surface area contributed by atoms with Gasteiger partial charge in [-0.1, -0.05) is 36.8 Å². The molecule has 2 aromatic carbocycles. The van der Waals surface area contributed by atoms with Gasteiger partial charge in [-0.2, -0.15) is 0 Å². The number of hydrogen-bond acceptors (Lipinski definition) is 3. The number of H-pyrrole nitrogens is 1. The number of nitrogens with one attached hydrogen (secondary N) is 1. The van der Waals surface area contributed by atoms with Crippen molar-refractivity contribution in [3.05, 3.63) is 75.7 Å². The highest BCUT2D eigenvalue weighted by atomic mass is 16.1. The molecule has 0 bridgehead atoms. The van der Waals surface area contributed by atoms with E-state index in [2.05, 4.69) is 26.6 Å². The van der Waals surface area contributed by atoms with Gasteiger partial charge in [-0.25, -0.2) is 14.7 Å². The van der Waals surface area contributed by atoms with Crippen molar-refractivity contribution < 1.29 is 0 Å². The topological polar surface area (TPSA) is 68.0 Å². The number of fused-ring (bicyclic) bond motifs is 1. The van der Waals surface area contributed by atoms with Crippen molar-refractivity contribution in [2.45, 2.75) is 33.7 Å². The number of nitrogens with zero attached hydrogens (tertiary/aromatic N) is 4. The summed E-state index contributed by atoms with van der Waals surface area (Å²) in [5, 5.41) is 3.14. The van der Waals surface area contributed by atoms with Crippen molar-refractivity contribution in [2.75, 3.05) is 0 Å². The summed E-state index contributed by atoms with van der Waals surface area (Å²) >= 11 is 0. The van der Waals surface area contributed by atoms with E-state index in [-0.39, 0.29) is 5.56 Å². The lowest BCUT2D eigenvalue weighted by molar-refractivity contribution is 0.701. The van der Waals surface area contributed by atoms with E-state index in [0.717, 1.165) is 40.9 Å². The fourth-order valence-corrected chi connectivity index (χ4v) is 3.31. The summed E-state index contributed by atoms with van der Waals surface area (Å²) in [4.78, 5) is 22.1. The zero-order valence-corrected chi connectivity index (χ0v) is 16.3. The highest BCUT2D eigenvalue weighted by Crippen LogP contribution is 2.22. The normalized spacial score (nSPS) is 11.7. The molecule has 1 N–H and O–H groups in total. The van der Waals surface area contributed by atoms with E-state index < -0.39 is 0 Å². The Hall–Kier alpha value is -3.41. The van der Waals surface area contributed by atoms with Crippen LogP contribution in [-0.2, 0) is 6.54 Å². The van der Waals surface area contributed by atoms with Crippen molar-refractivity contribution in [1.82, 2.24) is 19.3 Å². The number of aliphatic imine (C=N–C) groups is 1. The molecular formula is C22H23N5O. The molecule has 4 rings (SSSR count). The minimum Gasteiger partial charge on any atom is -0.308 e. The summed E-state index contributed by atoms with van der Waals surface area (Å²) in [7, 11) is 0. The Bertz CT molecular complexity index is 1210. The second-order valence-electron chi connectivity index (χ2n) is 6.94. The first kappa shape index (κ1) is 18.0. The molecule has 0 saturated heterocycles. The zero-order valence-electron chi connectivity index (χ0n) is 16.3. The molecule has 0 aliphatic rings. The van der Waals surface area contributed by atoms with E-state index in [0.29, 0.717) is 11.5 Å². The Balaban J connectivity index is 1.75. The second kappa shape index (κ2) is 7.31. The fraction of sp³-hybridized carbons (Fsp3) is 0.227. The lowest BCUT2D eigenvalue weighted by atomic mass is 10.2. The summed E-state index contributed by atoms with van der Waals surface area (Å²) in [6.45, 7) is 6.85. The average Bonchev–Trinajstić information content (AvgIpc) is 3.18. The Kier molecular flexibility index (Phi) is 4.69. The average molecular weight is 373 g/mol. The number of aromatic nitrogens is 4. The minimum absolute atomic E-state index is 0.122. The maximum atomic E-state index is 12.9. The molecule has 0 unspecified atom stereocenters. The van der Waals surface area contributed by atoms with Crippen LogP contribution in [0.15, 0.2) is 58.3 Å². The largest absolute Gasteiger partial charge is 0.308 e. The number of para-hydroxylation sites is 2. The van der Waals surface area contributed by atoms with Crippen LogP contribution in [0.25, 0.3) is 16.7 Å². The van der Waals surface area contributed by atoms with Gasteiger partial charge in [0.05, 0.1) is 22.3 Å². The summed E-state index contributed by atoms with van der Waals surface area (Å²) in [6, 6.07) is 15.8. The van der Waals surface area contributed by atoms with Crippen LogP contribution in [0, 0.1) is 13.8 Å². The maximum absolute atomic E-state index is 12.9. The molecule has 0 saturated carbocycles. The van der Waals surface area contributed by atoms with E-state index >= 15 is 0 Å². The molecule has 0 radical (unpaired) electrons. The standard InChI is InChI=1S/C22H23N5O/c1-4-13-26-20-8-6-5-7-19(20)24-22(26)23-14-18-16(3)25-27(21(18)28)17-11-9-15(2)10-12-17/h5-12,14,25H,4,13H2,1-3H3/b23-14+. The molecule has 6 nitrogen and oxygen atoms in total. The van der Waals surface area contributed by atoms with Crippen molar-refractivity contribution in [2.24, 2.45) is 4.99 Å². The highest BCUT2D eigenvalue weighted by Gasteiger charge is 2.12. The van der Waals surface area contributed by atoms with Crippen LogP contribution in [0.5, 0.6) is 0 Å². The van der Waals surface area contributed by atoms with Gasteiger partial charge in [-0.15, -0.1) is 0 Å². The Morgan fingerprint density at radius 3 is 2.61 bits per heavy atom. The van der Waals surface area contributed by atoms with Crippen molar-refractivity contribution in [1.29, 1.82) is 0 Å². The van der Waals surface area contributed by atoms with Crippen LogP contribution < -0.4 is 5.56 Å². The second-order valence-corrected chi connectivity index (χ2v) is 6.94. The van der Waals surface area contributed by atoms with Crippen LogP contribution in [-0.4, -0.2) is 25.5 Å². The van der Waals surface area contributed by atoms with Gasteiger partial charge < -0.3 is 4.57 Å². The Labute approximate surface area is 163 Å². The number of benzene rings is 2. The smallest absolute Gasteiger partial charge is 0.280 e. The predicted octanol–water partition coefficient (Wildman–Crippen LogP) is 4.29. The molecule has 142 valence electrons. The Morgan fingerprint density at radius 1 is 1.11 bits per heavy atom. The van der Waals surface area contributed by atoms with Gasteiger partial charge in [0, 0.05) is 18.5 Å². The van der Waals surface area contributed by atoms with Gasteiger partial charge in [0.25, 0.3) is 5.56 Å². The molecule has 4 aromatic rings. The van der Waals surface area contributed by atoms with E-state index in [1.807, 2.05) is 62.4 Å². The number of aryl methyl sites for hydroxylation is 3. The van der Waals surface area contributed by atoms with Gasteiger partial charge in [-0.05, 0) is 44.5 Å². The Morgan fingerprint density at radius 2 is 1.86 bits per heavy atom. The number of aromatic amines is 1. The third kappa shape index (κ3) is 3.17. The van der Waals surface area contributed by atoms with E-state index in [1.165, 1.54) is 0 Å². The van der Waals surface area contributed by atoms with Gasteiger partial charge in [-0.3, -0.25) is 9.89 Å². The molecule has 0 aliphatic heterocycles. The van der Waals surface area contributed by atoms with Gasteiger partial charge in [0.2, 0.25) is 5.95 Å². The SMILES string of the molecule is CCCn1c(/N=C/c2c(C)[nH]n(-c3ccc(C)cc3)c2=O)nc2ccccc21. The van der Waals surface area contributed by atoms with E-state index in [1.54, 1.807) is 10.9 Å². The molecule has 0 amide bonds. The van der Waals surface area contributed by atoms with Crippen LogP contribution in [0.4, 0.5) is 5.95 Å². The predicted molar refractivity (Wildman–Crippen MR) is 113 cm³/mol. The van der Waals surface area contributed by atoms with Crippen molar-refractivity contribution in [3.63, 3.8) is 0 Å². The third-order valence-electron chi connectivity index (χ3n) is 4.80. The van der Waals surface area contributed by atoms with Crippen LogP contribution in [0.3, 0.4) is 0 Å². The molecule has 0 aliphatic carbocycles. The number of hydrogen-bond donors (Lipinski definition) is 1. The minimum atomic E-state index is -0.122. The first-order valence-corrected chi connectivity index (χ1v) is 9.46. The summed E-state index contributed by atoms with van der Waals surface area (Å²) in [5.74, 6) is 0.616. The van der Waals surface area contributed by atoms with Crippen molar-refractivity contribution in [3.8, 4) is 5.69 Å². The van der Waals surface area contributed by atoms with Crippen LogP contribution >= 0.6 is 0 Å². The molecule has 6 heteroatoms. The van der Waals surface area contributed by atoms with Gasteiger partial charge in [0.1, 0.15) is 0 Å². The highest BCUT2D eigenvalue weighted by molar-refractivity contribution is 5.84. The first-order valence-electron chi connectivity index (χ1n) is 9.46. The molecule has 0 atom stereocenters. The van der Waals surface area contributed by atoms with Gasteiger partial charge in [0.15, 0.2) is 0 Å². The van der Waals surface area contributed by atoms with E-state index in [4.69, 9.17) is 0 Å². The summed E-state index contributed by atoms with van der Waals surface area (Å²) in [6.07, 6.45) is 2.60. The lowest BCUT2D eigenvalue weighted by Gasteiger charge is -2.03. The molecule has 0 spiro atoms. The molecule has 2 aromatic heterocycles. The molecular weight excluding hydrogens is 350 g/mol. The summed E-state index contributed by atoms with van der Waals surface area (Å²) < 4.78 is 3.64. The zero-order chi connectivity index (χ0) is 19.7. The molecule has 0 fully saturated rings. The number of rotatable bonds is 5. The first-order chi connectivity index (χ1) is 13.6. The monoisotopic (exact) mass is 373 g/mol. The summed E-state index contributed by atoms with van der Waals surface area (Å²) in [5.41, 5.74) is 5.10. The van der Waals surface area contributed by atoms with Crippen molar-refractivity contribution >= 4 is 23.2 Å². The quantitative estimate of drug-likeness (QED) is 0.530. The molecule has 2 heterocycles. The van der Waals surface area contributed by atoms with Crippen LogP contribution in [0.1, 0.15) is 30.2 Å². The van der Waals surface area contributed by atoms with Gasteiger partial charge >= 0.3 is 0 Å². The molecule has 28 heavy (non-hydrogen) atoms. The lowest BCUT2D eigenvalue weighted by Crippen LogP contribution is -2.17. The number of imidazole rings is 1. The third-order valence-corrected chi connectivity index (χ3v) is 4.80. The van der Waals surface area contributed by atoms with Crippen LogP contribution in [0.2, 0.25) is 0 Å². The fourth-order valence-electron chi connectivity index (χ4n) is 3.31. The maximum Gasteiger partial charge on any atom is 0.280 e. The van der Waals surface area contributed by atoms with E-state index in [9.17, 15) is 4.79 Å².